The number of benzene rings is 2. The van der Waals surface area contributed by atoms with E-state index in [4.69, 9.17) is 4.74 Å². The molecule has 2 aromatic carbocycles. The van der Waals surface area contributed by atoms with E-state index in [1.54, 1.807) is 7.11 Å². The number of fused-ring (bicyclic) bond motifs is 1. The second-order valence-electron chi connectivity index (χ2n) is 5.89. The number of nitrogens with one attached hydrogen (secondary N) is 1. The molecule has 1 atom stereocenters. The summed E-state index contributed by atoms with van der Waals surface area (Å²) in [6.45, 7) is 3.91. The van der Waals surface area contributed by atoms with Crippen molar-refractivity contribution in [3.05, 3.63) is 59.4 Å². The van der Waals surface area contributed by atoms with Crippen LogP contribution in [0.2, 0.25) is 0 Å². The lowest BCUT2D eigenvalue weighted by molar-refractivity contribution is 0.0940. The molecule has 0 unspecified atom stereocenters. The number of rotatable bonds is 4. The molecule has 0 saturated heterocycles. The van der Waals surface area contributed by atoms with Gasteiger partial charge >= 0.3 is 0 Å². The zero-order valence-corrected chi connectivity index (χ0v) is 14.3. The van der Waals surface area contributed by atoms with Crippen LogP contribution >= 0.6 is 0 Å². The lowest BCUT2D eigenvalue weighted by Gasteiger charge is -2.15. The van der Waals surface area contributed by atoms with Crippen LogP contribution in [-0.4, -0.2) is 22.6 Å². The van der Waals surface area contributed by atoms with Gasteiger partial charge in [0.15, 0.2) is 0 Å². The van der Waals surface area contributed by atoms with E-state index in [2.05, 4.69) is 10.3 Å². The number of hydrogen-bond donors (Lipinski definition) is 1. The summed E-state index contributed by atoms with van der Waals surface area (Å²) < 4.78 is 7.17. The molecule has 24 heavy (non-hydrogen) atoms. The fraction of sp³-hybridized carbons (Fsp3) is 0.263. The van der Waals surface area contributed by atoms with E-state index in [1.165, 1.54) is 0 Å². The first kappa shape index (κ1) is 16.1. The number of aryl methyl sites for hydroxylation is 2. The van der Waals surface area contributed by atoms with Gasteiger partial charge in [-0.2, -0.15) is 0 Å². The molecule has 0 fully saturated rings. The van der Waals surface area contributed by atoms with Crippen LogP contribution in [0.5, 0.6) is 5.75 Å². The van der Waals surface area contributed by atoms with Crippen LogP contribution in [-0.2, 0) is 7.05 Å². The molecule has 0 saturated carbocycles. The average molecular weight is 323 g/mol. The summed E-state index contributed by atoms with van der Waals surface area (Å²) in [5.41, 5.74) is 3.49. The van der Waals surface area contributed by atoms with E-state index in [-0.39, 0.29) is 11.9 Å². The van der Waals surface area contributed by atoms with Gasteiger partial charge in [-0.3, -0.25) is 4.79 Å². The van der Waals surface area contributed by atoms with E-state index in [0.717, 1.165) is 28.2 Å². The van der Waals surface area contributed by atoms with Gasteiger partial charge in [0.1, 0.15) is 11.6 Å². The fourth-order valence-corrected chi connectivity index (χ4v) is 2.72. The smallest absolute Gasteiger partial charge is 0.251 e. The summed E-state index contributed by atoms with van der Waals surface area (Å²) in [7, 11) is 3.60. The van der Waals surface area contributed by atoms with E-state index in [9.17, 15) is 4.79 Å². The van der Waals surface area contributed by atoms with Crippen LogP contribution in [0.25, 0.3) is 11.0 Å². The molecule has 0 aliphatic carbocycles. The summed E-state index contributed by atoms with van der Waals surface area (Å²) in [5.74, 6) is 1.62. The third kappa shape index (κ3) is 2.97. The van der Waals surface area contributed by atoms with Crippen LogP contribution in [0.3, 0.4) is 0 Å². The molecular weight excluding hydrogens is 302 g/mol. The van der Waals surface area contributed by atoms with Crippen molar-refractivity contribution in [1.82, 2.24) is 14.9 Å². The van der Waals surface area contributed by atoms with E-state index in [1.807, 2.05) is 67.9 Å². The maximum absolute atomic E-state index is 12.5. The van der Waals surface area contributed by atoms with Crippen LogP contribution in [0, 0.1) is 6.92 Å². The summed E-state index contributed by atoms with van der Waals surface area (Å²) in [4.78, 5) is 17.0. The van der Waals surface area contributed by atoms with Crippen LogP contribution < -0.4 is 10.1 Å². The third-order valence-corrected chi connectivity index (χ3v) is 4.33. The lowest BCUT2D eigenvalue weighted by atomic mass is 10.1. The molecule has 0 aliphatic rings. The Morgan fingerprint density at radius 1 is 1.21 bits per heavy atom. The molecule has 0 bridgehead atoms. The monoisotopic (exact) mass is 323 g/mol. The summed E-state index contributed by atoms with van der Waals surface area (Å²) in [6.07, 6.45) is 0. The first-order valence-electron chi connectivity index (χ1n) is 7.87. The van der Waals surface area contributed by atoms with E-state index in [0.29, 0.717) is 5.56 Å². The molecular formula is C19H21N3O2. The number of carbonyl (C=O) groups is 1. The zero-order valence-electron chi connectivity index (χ0n) is 14.3. The molecule has 0 aliphatic heterocycles. The largest absolute Gasteiger partial charge is 0.497 e. The number of methoxy groups -OCH3 is 1. The van der Waals surface area contributed by atoms with Crippen LogP contribution in [0.1, 0.15) is 34.7 Å². The van der Waals surface area contributed by atoms with E-state index < -0.39 is 0 Å². The molecule has 0 spiro atoms. The SMILES string of the molecule is COc1ccc([C@@H](C)NC(=O)c2ccc3c(c2)nc(C)n3C)cc1. The zero-order chi connectivity index (χ0) is 17.3. The van der Waals surface area contributed by atoms with Crippen molar-refractivity contribution in [3.63, 3.8) is 0 Å². The summed E-state index contributed by atoms with van der Waals surface area (Å²) >= 11 is 0. The Balaban J connectivity index is 1.78. The number of aromatic nitrogens is 2. The van der Waals surface area contributed by atoms with Crippen molar-refractivity contribution in [2.24, 2.45) is 7.05 Å². The molecule has 1 aromatic heterocycles. The van der Waals surface area contributed by atoms with Gasteiger partial charge in [0.25, 0.3) is 5.91 Å². The number of amides is 1. The number of ether oxygens (including phenoxy) is 1. The second kappa shape index (κ2) is 6.35. The van der Waals surface area contributed by atoms with Gasteiger partial charge in [-0.15, -0.1) is 0 Å². The molecule has 3 rings (SSSR count). The van der Waals surface area contributed by atoms with Crippen LogP contribution in [0.15, 0.2) is 42.5 Å². The highest BCUT2D eigenvalue weighted by molar-refractivity contribution is 5.97. The molecule has 5 heteroatoms. The molecule has 3 aromatic rings. The minimum atomic E-state index is -0.108. The minimum Gasteiger partial charge on any atom is -0.497 e. The van der Waals surface area contributed by atoms with Crippen molar-refractivity contribution in [3.8, 4) is 5.75 Å². The van der Waals surface area contributed by atoms with Gasteiger partial charge in [-0.05, 0) is 49.7 Å². The quantitative estimate of drug-likeness (QED) is 0.801. The van der Waals surface area contributed by atoms with Gasteiger partial charge in [0.05, 0.1) is 24.2 Å². The van der Waals surface area contributed by atoms with E-state index >= 15 is 0 Å². The third-order valence-electron chi connectivity index (χ3n) is 4.33. The van der Waals surface area contributed by atoms with Crippen LogP contribution in [0.4, 0.5) is 0 Å². The van der Waals surface area contributed by atoms with Crippen molar-refractivity contribution < 1.29 is 9.53 Å². The topological polar surface area (TPSA) is 56.1 Å². The Morgan fingerprint density at radius 3 is 2.58 bits per heavy atom. The van der Waals surface area contributed by atoms with Gasteiger partial charge in [0.2, 0.25) is 0 Å². The molecule has 1 amide bonds. The Kier molecular flexibility index (Phi) is 4.25. The highest BCUT2D eigenvalue weighted by atomic mass is 16.5. The Bertz CT molecular complexity index is 882. The standard InChI is InChI=1S/C19H21N3O2/c1-12(14-5-8-16(24-4)9-6-14)20-19(23)15-7-10-18-17(11-15)21-13(2)22(18)3/h5-12H,1-4H3,(H,20,23)/t12-/m1/s1. The molecule has 5 nitrogen and oxygen atoms in total. The molecule has 124 valence electrons. The molecule has 1 N–H and O–H groups in total. The average Bonchev–Trinajstić information content (AvgIpc) is 2.88. The number of hydrogen-bond acceptors (Lipinski definition) is 3. The normalized spacial score (nSPS) is 12.2. The molecule has 0 radical (unpaired) electrons. The van der Waals surface area contributed by atoms with Gasteiger partial charge in [-0.25, -0.2) is 4.98 Å². The lowest BCUT2D eigenvalue weighted by Crippen LogP contribution is -2.26. The summed E-state index contributed by atoms with van der Waals surface area (Å²) in [6, 6.07) is 13.2. The second-order valence-corrected chi connectivity index (χ2v) is 5.89. The predicted octanol–water partition coefficient (Wildman–Crippen LogP) is 3.38. The van der Waals surface area contributed by atoms with Gasteiger partial charge in [0, 0.05) is 12.6 Å². The van der Waals surface area contributed by atoms with Gasteiger partial charge < -0.3 is 14.6 Å². The van der Waals surface area contributed by atoms with Crippen molar-refractivity contribution >= 4 is 16.9 Å². The van der Waals surface area contributed by atoms with Crippen molar-refractivity contribution in [2.45, 2.75) is 19.9 Å². The first-order chi connectivity index (χ1) is 11.5. The Hall–Kier alpha value is -2.82. The number of carbonyl (C=O) groups excluding carboxylic acids is 1. The molecule has 1 heterocycles. The Labute approximate surface area is 141 Å². The minimum absolute atomic E-state index is 0.0930. The maximum Gasteiger partial charge on any atom is 0.251 e. The summed E-state index contributed by atoms with van der Waals surface area (Å²) in [5, 5.41) is 3.02. The maximum atomic E-state index is 12.5. The number of imidazole rings is 1. The van der Waals surface area contributed by atoms with Crippen molar-refractivity contribution in [2.75, 3.05) is 7.11 Å². The number of nitrogens with zero attached hydrogens (tertiary/aromatic N) is 2. The fourth-order valence-electron chi connectivity index (χ4n) is 2.72. The Morgan fingerprint density at radius 2 is 1.92 bits per heavy atom. The predicted molar refractivity (Wildman–Crippen MR) is 94.3 cm³/mol. The van der Waals surface area contributed by atoms with Gasteiger partial charge in [-0.1, -0.05) is 12.1 Å². The highest BCUT2D eigenvalue weighted by Crippen LogP contribution is 2.19. The first-order valence-corrected chi connectivity index (χ1v) is 7.87. The van der Waals surface area contributed by atoms with Crippen molar-refractivity contribution in [1.29, 1.82) is 0 Å². The highest BCUT2D eigenvalue weighted by Gasteiger charge is 2.13.